The minimum Gasteiger partial charge on any atom is -0.507 e. The monoisotopic (exact) mass is 424 g/mol. The van der Waals surface area contributed by atoms with Crippen LogP contribution in [-0.4, -0.2) is 53.5 Å². The average Bonchev–Trinajstić information content (AvgIpc) is 3.03. The van der Waals surface area contributed by atoms with E-state index in [0.717, 1.165) is 18.4 Å². The summed E-state index contributed by atoms with van der Waals surface area (Å²) >= 11 is 0. The van der Waals surface area contributed by atoms with Crippen molar-refractivity contribution in [2.45, 2.75) is 32.7 Å². The Hall–Kier alpha value is -3.19. The van der Waals surface area contributed by atoms with Crippen LogP contribution in [0.2, 0.25) is 0 Å². The molecule has 1 saturated heterocycles. The Morgan fingerprint density at radius 1 is 1.16 bits per heavy atom. The number of ketones is 1. The number of Topliss-reactive ketones (excluding diaryl/α,β-unsaturated/α-hetero) is 1. The van der Waals surface area contributed by atoms with Gasteiger partial charge in [0.1, 0.15) is 11.5 Å². The Kier molecular flexibility index (Phi) is 7.41. The number of nitrogens with zero attached hydrogens (tertiary/aromatic N) is 2. The average molecular weight is 424 g/mol. The van der Waals surface area contributed by atoms with Crippen molar-refractivity contribution in [3.8, 4) is 5.75 Å². The quantitative estimate of drug-likeness (QED) is 0.286. The van der Waals surface area contributed by atoms with Crippen molar-refractivity contribution in [2.75, 3.05) is 26.9 Å². The third-order valence-corrected chi connectivity index (χ3v) is 5.32. The Labute approximate surface area is 182 Å². The van der Waals surface area contributed by atoms with Gasteiger partial charge in [0.2, 0.25) is 0 Å². The molecule has 0 aliphatic carbocycles. The first-order valence-corrected chi connectivity index (χ1v) is 10.4. The molecule has 7 heteroatoms. The van der Waals surface area contributed by atoms with Gasteiger partial charge in [-0.2, -0.15) is 0 Å². The summed E-state index contributed by atoms with van der Waals surface area (Å²) in [6.07, 6.45) is 5.19. The topological polar surface area (TPSA) is 89.0 Å². The number of carbonyl (C=O) groups is 2. The molecule has 1 aliphatic rings. The molecule has 1 aromatic carbocycles. The van der Waals surface area contributed by atoms with Gasteiger partial charge in [-0.15, -0.1) is 0 Å². The van der Waals surface area contributed by atoms with Crippen LogP contribution >= 0.6 is 0 Å². The fraction of sp³-hybridized carbons (Fsp3) is 0.375. The molecule has 2 aromatic rings. The number of hydrogen-bond acceptors (Lipinski definition) is 6. The van der Waals surface area contributed by atoms with Gasteiger partial charge in [-0.1, -0.05) is 13.3 Å². The van der Waals surface area contributed by atoms with Gasteiger partial charge in [0, 0.05) is 31.6 Å². The number of aliphatic hydroxyl groups excluding tert-OH is 1. The zero-order valence-electron chi connectivity index (χ0n) is 18.1. The lowest BCUT2D eigenvalue weighted by atomic mass is 9.94. The highest BCUT2D eigenvalue weighted by molar-refractivity contribution is 6.46. The van der Waals surface area contributed by atoms with Crippen molar-refractivity contribution in [1.82, 2.24) is 9.88 Å². The molecule has 164 valence electrons. The Balaban J connectivity index is 2.04. The number of amides is 1. The number of aliphatic hydroxyl groups is 1. The first kappa shape index (κ1) is 22.5. The maximum Gasteiger partial charge on any atom is 0.295 e. The van der Waals surface area contributed by atoms with E-state index in [1.807, 2.05) is 13.0 Å². The predicted molar refractivity (Wildman–Crippen MR) is 117 cm³/mol. The number of hydrogen-bond donors (Lipinski definition) is 1. The number of rotatable bonds is 9. The highest BCUT2D eigenvalue weighted by atomic mass is 16.5. The van der Waals surface area contributed by atoms with E-state index in [-0.39, 0.29) is 24.5 Å². The SMILES string of the molecule is CCCCOc1ccc(C(O)=C2C(=O)C(=O)N(CCOC)C2c2ccncc2)c(C)c1. The van der Waals surface area contributed by atoms with Gasteiger partial charge in [-0.05, 0) is 54.8 Å². The molecule has 0 radical (unpaired) electrons. The minimum atomic E-state index is -0.710. The van der Waals surface area contributed by atoms with Crippen LogP contribution < -0.4 is 4.74 Å². The van der Waals surface area contributed by atoms with Crippen LogP contribution in [0.5, 0.6) is 5.75 Å². The largest absolute Gasteiger partial charge is 0.507 e. The molecule has 1 unspecified atom stereocenters. The van der Waals surface area contributed by atoms with Crippen LogP contribution in [-0.2, 0) is 14.3 Å². The Morgan fingerprint density at radius 2 is 1.90 bits per heavy atom. The number of carbonyl (C=O) groups excluding carboxylic acids is 2. The highest BCUT2D eigenvalue weighted by Gasteiger charge is 2.45. The Morgan fingerprint density at radius 3 is 2.55 bits per heavy atom. The molecule has 1 N–H and O–H groups in total. The lowest BCUT2D eigenvalue weighted by Gasteiger charge is -2.25. The van der Waals surface area contributed by atoms with E-state index in [2.05, 4.69) is 11.9 Å². The van der Waals surface area contributed by atoms with Crippen LogP contribution in [0.25, 0.3) is 5.76 Å². The first-order valence-electron chi connectivity index (χ1n) is 10.4. The molecule has 1 fully saturated rings. The maximum absolute atomic E-state index is 12.9. The number of aromatic nitrogens is 1. The van der Waals surface area contributed by atoms with Crippen LogP contribution in [0, 0.1) is 6.92 Å². The molecule has 0 spiro atoms. The van der Waals surface area contributed by atoms with Gasteiger partial charge in [0.25, 0.3) is 11.7 Å². The molecular weight excluding hydrogens is 396 g/mol. The zero-order valence-corrected chi connectivity index (χ0v) is 18.1. The highest BCUT2D eigenvalue weighted by Crippen LogP contribution is 2.39. The Bertz CT molecular complexity index is 971. The summed E-state index contributed by atoms with van der Waals surface area (Å²) < 4.78 is 10.8. The van der Waals surface area contributed by atoms with Crippen LogP contribution in [0.4, 0.5) is 0 Å². The second-order valence-corrected chi connectivity index (χ2v) is 7.44. The third kappa shape index (κ3) is 4.77. The fourth-order valence-corrected chi connectivity index (χ4v) is 3.66. The van der Waals surface area contributed by atoms with Crippen molar-refractivity contribution in [2.24, 2.45) is 0 Å². The molecule has 1 aliphatic heterocycles. The van der Waals surface area contributed by atoms with Crippen molar-refractivity contribution >= 4 is 17.4 Å². The molecule has 2 heterocycles. The number of unbranched alkanes of at least 4 members (excludes halogenated alkanes) is 1. The number of benzene rings is 1. The number of aryl methyl sites for hydroxylation is 1. The van der Waals surface area contributed by atoms with Crippen LogP contribution in [0.15, 0.2) is 48.3 Å². The summed E-state index contributed by atoms with van der Waals surface area (Å²) in [4.78, 5) is 31.2. The maximum atomic E-state index is 12.9. The molecule has 7 nitrogen and oxygen atoms in total. The van der Waals surface area contributed by atoms with Crippen molar-refractivity contribution in [3.63, 3.8) is 0 Å². The van der Waals surface area contributed by atoms with Crippen molar-refractivity contribution in [3.05, 3.63) is 65.0 Å². The number of likely N-dealkylation sites (tertiary alicyclic amines) is 1. The van der Waals surface area contributed by atoms with Crippen LogP contribution in [0.3, 0.4) is 0 Å². The molecule has 0 saturated carbocycles. The van der Waals surface area contributed by atoms with E-state index in [1.165, 1.54) is 12.0 Å². The van der Waals surface area contributed by atoms with E-state index >= 15 is 0 Å². The second kappa shape index (κ2) is 10.2. The lowest BCUT2D eigenvalue weighted by molar-refractivity contribution is -0.140. The van der Waals surface area contributed by atoms with Crippen LogP contribution in [0.1, 0.15) is 42.5 Å². The zero-order chi connectivity index (χ0) is 22.4. The van der Waals surface area contributed by atoms with Gasteiger partial charge in [0.15, 0.2) is 0 Å². The van der Waals surface area contributed by atoms with E-state index in [0.29, 0.717) is 23.5 Å². The number of pyridine rings is 1. The van der Waals surface area contributed by atoms with Gasteiger partial charge < -0.3 is 19.5 Å². The molecule has 0 bridgehead atoms. The molecular formula is C24H28N2O5. The summed E-state index contributed by atoms with van der Waals surface area (Å²) in [5.74, 6) is -0.859. The summed E-state index contributed by atoms with van der Waals surface area (Å²) in [6.45, 7) is 5.06. The minimum absolute atomic E-state index is 0.0649. The predicted octanol–water partition coefficient (Wildman–Crippen LogP) is 3.64. The summed E-state index contributed by atoms with van der Waals surface area (Å²) in [7, 11) is 1.53. The van der Waals surface area contributed by atoms with Crippen molar-refractivity contribution in [1.29, 1.82) is 0 Å². The van der Waals surface area contributed by atoms with Gasteiger partial charge >= 0.3 is 0 Å². The standard InChI is InChI=1S/C24H28N2O5/c1-4-5-13-31-18-6-7-19(16(2)15-18)22(27)20-21(17-8-10-25-11-9-17)26(12-14-30-3)24(29)23(20)28/h6-11,15,21,27H,4-5,12-14H2,1-3H3. The molecule has 1 amide bonds. The normalized spacial score (nSPS) is 17.9. The third-order valence-electron chi connectivity index (χ3n) is 5.32. The summed E-state index contributed by atoms with van der Waals surface area (Å²) in [6, 6.07) is 8.08. The number of ether oxygens (including phenoxy) is 2. The van der Waals surface area contributed by atoms with E-state index < -0.39 is 17.7 Å². The summed E-state index contributed by atoms with van der Waals surface area (Å²) in [5, 5.41) is 11.2. The van der Waals surface area contributed by atoms with Gasteiger partial charge in [-0.25, -0.2) is 0 Å². The smallest absolute Gasteiger partial charge is 0.295 e. The second-order valence-electron chi connectivity index (χ2n) is 7.44. The van der Waals surface area contributed by atoms with Gasteiger partial charge in [-0.3, -0.25) is 14.6 Å². The molecule has 1 aromatic heterocycles. The lowest BCUT2D eigenvalue weighted by Crippen LogP contribution is -2.32. The molecule has 31 heavy (non-hydrogen) atoms. The fourth-order valence-electron chi connectivity index (χ4n) is 3.66. The molecule has 3 rings (SSSR count). The first-order chi connectivity index (χ1) is 15.0. The van der Waals surface area contributed by atoms with E-state index in [9.17, 15) is 14.7 Å². The molecule has 1 atom stereocenters. The number of methoxy groups -OCH3 is 1. The van der Waals surface area contributed by atoms with Crippen molar-refractivity contribution < 1.29 is 24.2 Å². The van der Waals surface area contributed by atoms with E-state index in [1.54, 1.807) is 36.7 Å². The van der Waals surface area contributed by atoms with E-state index in [4.69, 9.17) is 9.47 Å². The summed E-state index contributed by atoms with van der Waals surface area (Å²) in [5.41, 5.74) is 2.01. The van der Waals surface area contributed by atoms with Gasteiger partial charge in [0.05, 0.1) is 24.8 Å².